The summed E-state index contributed by atoms with van der Waals surface area (Å²) >= 11 is 0. The van der Waals surface area contributed by atoms with E-state index in [1.165, 1.54) is 43.9 Å². The van der Waals surface area contributed by atoms with Crippen molar-refractivity contribution < 1.29 is 23.4 Å². The number of halogens is 2. The van der Waals surface area contributed by atoms with Crippen LogP contribution in [-0.2, 0) is 0 Å². The lowest BCUT2D eigenvalue weighted by Crippen LogP contribution is -2.29. The van der Waals surface area contributed by atoms with Gasteiger partial charge in [-0.3, -0.25) is 9.69 Å². The van der Waals surface area contributed by atoms with Crippen molar-refractivity contribution in [3.63, 3.8) is 0 Å². The largest absolute Gasteiger partial charge is 0.508 e. The number of fused-ring (bicyclic) bond motifs is 1. The lowest BCUT2D eigenvalue weighted by atomic mass is 9.89. The van der Waals surface area contributed by atoms with Crippen molar-refractivity contribution >= 4 is 16.6 Å². The zero-order valence-corrected chi connectivity index (χ0v) is 20.6. The molecule has 1 fully saturated rings. The molecule has 5 rings (SSSR count). The third-order valence-electron chi connectivity index (χ3n) is 6.94. The van der Waals surface area contributed by atoms with Gasteiger partial charge in [-0.25, -0.2) is 8.78 Å². The molecule has 190 valence electrons. The van der Waals surface area contributed by atoms with E-state index in [9.17, 15) is 18.7 Å². The number of nitrogens with zero attached hydrogens (tertiary/aromatic N) is 1. The first-order chi connectivity index (χ1) is 18.0. The van der Waals surface area contributed by atoms with E-state index in [1.54, 1.807) is 48.5 Å². The average molecular weight is 502 g/mol. The van der Waals surface area contributed by atoms with Gasteiger partial charge in [-0.2, -0.15) is 0 Å². The van der Waals surface area contributed by atoms with Gasteiger partial charge in [-0.05, 0) is 96.9 Å². The number of benzene rings is 4. The molecule has 1 aliphatic heterocycles. The molecule has 0 amide bonds. The van der Waals surface area contributed by atoms with Crippen LogP contribution in [0.25, 0.3) is 21.9 Å². The summed E-state index contributed by atoms with van der Waals surface area (Å²) in [6.45, 7) is 3.66. The number of carbonyl (C=O) groups excluding carboxylic acids is 1. The summed E-state index contributed by atoms with van der Waals surface area (Å²) in [5, 5.41) is 11.1. The van der Waals surface area contributed by atoms with Gasteiger partial charge in [-0.1, -0.05) is 25.0 Å². The van der Waals surface area contributed by atoms with Crippen molar-refractivity contribution in [3.05, 3.63) is 95.6 Å². The average Bonchev–Trinajstić information content (AvgIpc) is 3.17. The number of likely N-dealkylation sites (tertiary alicyclic amines) is 1. The van der Waals surface area contributed by atoms with E-state index in [-0.39, 0.29) is 22.7 Å². The van der Waals surface area contributed by atoms with Crippen LogP contribution in [0.15, 0.2) is 72.8 Å². The fraction of sp³-hybridized carbons (Fsp3) is 0.258. The summed E-state index contributed by atoms with van der Waals surface area (Å²) in [5.41, 5.74) is 1.20. The van der Waals surface area contributed by atoms with Gasteiger partial charge >= 0.3 is 0 Å². The Morgan fingerprint density at radius 1 is 0.838 bits per heavy atom. The fourth-order valence-electron chi connectivity index (χ4n) is 4.99. The Morgan fingerprint density at radius 2 is 1.57 bits per heavy atom. The zero-order valence-electron chi connectivity index (χ0n) is 20.6. The Kier molecular flexibility index (Phi) is 7.47. The molecule has 4 aromatic rings. The summed E-state index contributed by atoms with van der Waals surface area (Å²) in [6, 6.07) is 18.3. The molecular weight excluding hydrogens is 472 g/mol. The second-order valence-corrected chi connectivity index (χ2v) is 9.48. The lowest BCUT2D eigenvalue weighted by Gasteiger charge is -2.19. The Hall–Kier alpha value is -3.77. The molecular formula is C31H29F2NO3. The van der Waals surface area contributed by atoms with Crippen molar-refractivity contribution in [2.24, 2.45) is 0 Å². The highest BCUT2D eigenvalue weighted by Crippen LogP contribution is 2.35. The lowest BCUT2D eigenvalue weighted by molar-refractivity contribution is 0.104. The number of phenols is 1. The smallest absolute Gasteiger partial charge is 0.194 e. The standard InChI is InChI=1S/C31H29F2NO3/c32-23-8-13-27(29(33)20-23)28-12-7-22-19-24(35)9-14-26(22)30(28)31(36)21-5-10-25(11-6-21)37-18-17-34-15-3-1-2-4-16-34/h5-14,19-20,35H,1-4,15-18H2. The van der Waals surface area contributed by atoms with E-state index in [4.69, 9.17) is 4.74 Å². The predicted octanol–water partition coefficient (Wildman–Crippen LogP) is 6.98. The number of ether oxygens (including phenoxy) is 1. The van der Waals surface area contributed by atoms with Crippen LogP contribution in [0.3, 0.4) is 0 Å². The monoisotopic (exact) mass is 501 g/mol. The van der Waals surface area contributed by atoms with Crippen molar-refractivity contribution in [1.82, 2.24) is 4.90 Å². The molecule has 6 heteroatoms. The van der Waals surface area contributed by atoms with Crippen molar-refractivity contribution in [2.45, 2.75) is 25.7 Å². The van der Waals surface area contributed by atoms with E-state index in [0.717, 1.165) is 25.7 Å². The molecule has 37 heavy (non-hydrogen) atoms. The maximum Gasteiger partial charge on any atom is 0.194 e. The number of hydrogen-bond acceptors (Lipinski definition) is 4. The van der Waals surface area contributed by atoms with Crippen LogP contribution >= 0.6 is 0 Å². The number of aromatic hydroxyl groups is 1. The fourth-order valence-corrected chi connectivity index (χ4v) is 4.99. The summed E-state index contributed by atoms with van der Waals surface area (Å²) < 4.78 is 34.3. The Balaban J connectivity index is 1.42. The first kappa shape index (κ1) is 24.9. The zero-order chi connectivity index (χ0) is 25.8. The van der Waals surface area contributed by atoms with Gasteiger partial charge in [-0.15, -0.1) is 0 Å². The maximum absolute atomic E-state index is 14.8. The minimum absolute atomic E-state index is 0.0632. The number of ketones is 1. The summed E-state index contributed by atoms with van der Waals surface area (Å²) in [6.07, 6.45) is 5.04. The number of rotatable bonds is 7. The molecule has 1 aliphatic rings. The normalized spacial score (nSPS) is 14.4. The summed E-state index contributed by atoms with van der Waals surface area (Å²) in [5.74, 6) is -0.995. The predicted molar refractivity (Wildman–Crippen MR) is 141 cm³/mol. The van der Waals surface area contributed by atoms with Crippen LogP contribution in [0.5, 0.6) is 11.5 Å². The van der Waals surface area contributed by atoms with Crippen molar-refractivity contribution in [3.8, 4) is 22.6 Å². The molecule has 4 aromatic carbocycles. The SMILES string of the molecule is O=C(c1ccc(OCCN2CCCCCC2)cc1)c1c(-c2ccc(F)cc2F)ccc2cc(O)ccc12. The van der Waals surface area contributed by atoms with Crippen molar-refractivity contribution in [1.29, 1.82) is 0 Å². The van der Waals surface area contributed by atoms with Gasteiger partial charge in [0.15, 0.2) is 5.78 Å². The van der Waals surface area contributed by atoms with E-state index in [0.29, 0.717) is 34.3 Å². The number of hydrogen-bond donors (Lipinski definition) is 1. The summed E-state index contributed by atoms with van der Waals surface area (Å²) in [4.78, 5) is 16.2. The Morgan fingerprint density at radius 3 is 2.30 bits per heavy atom. The van der Waals surface area contributed by atoms with Crippen LogP contribution in [0, 0.1) is 11.6 Å². The molecule has 0 unspecified atom stereocenters. The molecule has 0 radical (unpaired) electrons. The second-order valence-electron chi connectivity index (χ2n) is 9.48. The molecule has 1 N–H and O–H groups in total. The van der Waals surface area contributed by atoms with Gasteiger partial charge in [0, 0.05) is 29.3 Å². The third kappa shape index (κ3) is 5.65. The van der Waals surface area contributed by atoms with Crippen molar-refractivity contribution in [2.75, 3.05) is 26.2 Å². The summed E-state index contributed by atoms with van der Waals surface area (Å²) in [7, 11) is 0. The highest BCUT2D eigenvalue weighted by molar-refractivity contribution is 6.20. The van der Waals surface area contributed by atoms with Crippen LogP contribution < -0.4 is 4.74 Å². The molecule has 0 saturated carbocycles. The van der Waals surface area contributed by atoms with E-state index >= 15 is 0 Å². The van der Waals surface area contributed by atoms with E-state index in [2.05, 4.69) is 4.90 Å². The molecule has 0 bridgehead atoms. The molecule has 0 aromatic heterocycles. The van der Waals surface area contributed by atoms with Gasteiger partial charge in [0.1, 0.15) is 29.7 Å². The molecule has 1 heterocycles. The minimum Gasteiger partial charge on any atom is -0.508 e. The van der Waals surface area contributed by atoms with E-state index < -0.39 is 11.6 Å². The molecule has 0 aliphatic carbocycles. The Labute approximate surface area is 215 Å². The third-order valence-corrected chi connectivity index (χ3v) is 6.94. The quantitative estimate of drug-likeness (QED) is 0.278. The van der Waals surface area contributed by atoms with Gasteiger partial charge in [0.25, 0.3) is 0 Å². The van der Waals surface area contributed by atoms with Crippen LogP contribution in [0.4, 0.5) is 8.78 Å². The van der Waals surface area contributed by atoms with Crippen LogP contribution in [0.1, 0.15) is 41.6 Å². The highest BCUT2D eigenvalue weighted by Gasteiger charge is 2.21. The minimum atomic E-state index is -0.750. The van der Waals surface area contributed by atoms with Gasteiger partial charge in [0.2, 0.25) is 0 Å². The molecule has 0 spiro atoms. The topological polar surface area (TPSA) is 49.8 Å². The van der Waals surface area contributed by atoms with Crippen LogP contribution in [-0.4, -0.2) is 42.0 Å². The highest BCUT2D eigenvalue weighted by atomic mass is 19.1. The number of phenolic OH excluding ortho intramolecular Hbond substituents is 1. The van der Waals surface area contributed by atoms with Gasteiger partial charge < -0.3 is 9.84 Å². The first-order valence-corrected chi connectivity index (χ1v) is 12.7. The van der Waals surface area contributed by atoms with Crippen LogP contribution in [0.2, 0.25) is 0 Å². The maximum atomic E-state index is 14.8. The number of carbonyl (C=O) groups is 1. The second kappa shape index (κ2) is 11.1. The molecule has 4 nitrogen and oxygen atoms in total. The Bertz CT molecular complexity index is 1410. The van der Waals surface area contributed by atoms with E-state index in [1.807, 2.05) is 0 Å². The first-order valence-electron chi connectivity index (χ1n) is 12.7. The van der Waals surface area contributed by atoms with Gasteiger partial charge in [0.05, 0.1) is 0 Å². The molecule has 0 atom stereocenters. The molecule has 1 saturated heterocycles.